The third-order valence-electron chi connectivity index (χ3n) is 4.33. The minimum Gasteiger partial charge on any atom is -0.465 e. The molecule has 0 saturated carbocycles. The smallest absolute Gasteiger partial charge is 0.339 e. The number of nitrogens with zero attached hydrogens (tertiary/aromatic N) is 1. The van der Waals surface area contributed by atoms with Gasteiger partial charge in [0.05, 0.1) is 29.9 Å². The molecule has 29 heavy (non-hydrogen) atoms. The van der Waals surface area contributed by atoms with Crippen LogP contribution in [0, 0.1) is 0 Å². The fraction of sp³-hybridized carbons (Fsp3) is 0.150. The molecule has 0 aliphatic carbocycles. The Hall–Kier alpha value is -3.46. The zero-order valence-corrected chi connectivity index (χ0v) is 16.2. The van der Waals surface area contributed by atoms with Crippen LogP contribution in [0.15, 0.2) is 47.4 Å². The van der Waals surface area contributed by atoms with Crippen LogP contribution in [0.2, 0.25) is 0 Å². The first kappa shape index (κ1) is 18.9. The molecule has 148 valence electrons. The lowest BCUT2D eigenvalue weighted by Gasteiger charge is -2.16. The normalized spacial score (nSPS) is 16.4. The predicted molar refractivity (Wildman–Crippen MR) is 107 cm³/mol. The fourth-order valence-electron chi connectivity index (χ4n) is 2.88. The molecule has 2 aliphatic heterocycles. The maximum Gasteiger partial charge on any atom is 0.339 e. The summed E-state index contributed by atoms with van der Waals surface area (Å²) < 4.78 is 15.3. The minimum absolute atomic E-state index is 0.0723. The van der Waals surface area contributed by atoms with E-state index in [9.17, 15) is 14.4 Å². The van der Waals surface area contributed by atoms with Crippen LogP contribution in [0.4, 0.5) is 10.5 Å². The van der Waals surface area contributed by atoms with E-state index in [0.29, 0.717) is 27.7 Å². The predicted octanol–water partition coefficient (Wildman–Crippen LogP) is 3.31. The van der Waals surface area contributed by atoms with Crippen molar-refractivity contribution in [2.45, 2.75) is 0 Å². The molecule has 2 aromatic carbocycles. The van der Waals surface area contributed by atoms with Crippen LogP contribution in [-0.2, 0) is 9.53 Å². The summed E-state index contributed by atoms with van der Waals surface area (Å²) in [6.45, 7) is 0.0885. The lowest BCUT2D eigenvalue weighted by atomic mass is 10.2. The van der Waals surface area contributed by atoms with E-state index in [1.807, 2.05) is 0 Å². The number of hydrogen-bond donors (Lipinski definition) is 1. The van der Waals surface area contributed by atoms with E-state index in [1.165, 1.54) is 7.11 Å². The molecule has 2 aliphatic rings. The number of rotatable bonds is 5. The van der Waals surface area contributed by atoms with Gasteiger partial charge in [0.1, 0.15) is 0 Å². The second kappa shape index (κ2) is 7.88. The topological polar surface area (TPSA) is 94.2 Å². The van der Waals surface area contributed by atoms with Crippen molar-refractivity contribution in [1.82, 2.24) is 4.90 Å². The van der Waals surface area contributed by atoms with E-state index in [-0.39, 0.29) is 13.5 Å². The Kier molecular flexibility index (Phi) is 5.13. The summed E-state index contributed by atoms with van der Waals surface area (Å²) in [5.74, 6) is 0.313. The minimum atomic E-state index is -0.509. The molecule has 0 bridgehead atoms. The molecule has 0 radical (unpaired) electrons. The number of methoxy groups -OCH3 is 1. The Morgan fingerprint density at radius 2 is 2.00 bits per heavy atom. The summed E-state index contributed by atoms with van der Waals surface area (Å²) in [7, 11) is 1.29. The maximum atomic E-state index is 12.7. The van der Waals surface area contributed by atoms with Gasteiger partial charge in [0, 0.05) is 0 Å². The van der Waals surface area contributed by atoms with Gasteiger partial charge in [0.15, 0.2) is 11.5 Å². The largest absolute Gasteiger partial charge is 0.465 e. The summed E-state index contributed by atoms with van der Waals surface area (Å²) in [5.41, 5.74) is 1.51. The van der Waals surface area contributed by atoms with Gasteiger partial charge >= 0.3 is 5.97 Å². The Morgan fingerprint density at radius 3 is 2.83 bits per heavy atom. The van der Waals surface area contributed by atoms with E-state index in [1.54, 1.807) is 48.5 Å². The summed E-state index contributed by atoms with van der Waals surface area (Å²) >= 11 is 0.855. The molecular formula is C20H16N2O6S. The van der Waals surface area contributed by atoms with Crippen molar-refractivity contribution in [2.75, 3.05) is 25.9 Å². The van der Waals surface area contributed by atoms with E-state index < -0.39 is 17.1 Å². The summed E-state index contributed by atoms with van der Waals surface area (Å²) in [6.07, 6.45) is 1.63. The van der Waals surface area contributed by atoms with E-state index in [2.05, 4.69) is 5.32 Å². The molecule has 1 N–H and O–H groups in total. The first-order chi connectivity index (χ1) is 14.1. The average molecular weight is 412 g/mol. The van der Waals surface area contributed by atoms with Crippen LogP contribution in [0.1, 0.15) is 15.9 Å². The standard InChI is InChI=1S/C20H16N2O6S/c1-26-19(24)13-4-2-3-5-14(13)21-10-22-18(23)17(29-20(22)25)9-12-6-7-15-16(8-12)28-11-27-15/h2-9,21H,10-11H2,1H3/b17-9-. The van der Waals surface area contributed by atoms with Gasteiger partial charge in [-0.1, -0.05) is 18.2 Å². The quantitative estimate of drug-likeness (QED) is 0.591. The highest BCUT2D eigenvalue weighted by Gasteiger charge is 2.35. The molecule has 2 heterocycles. The molecule has 0 spiro atoms. The maximum absolute atomic E-state index is 12.7. The van der Waals surface area contributed by atoms with Crippen molar-refractivity contribution in [2.24, 2.45) is 0 Å². The van der Waals surface area contributed by atoms with Gasteiger partial charge in [-0.3, -0.25) is 14.5 Å². The van der Waals surface area contributed by atoms with Crippen molar-refractivity contribution in [3.63, 3.8) is 0 Å². The Morgan fingerprint density at radius 1 is 1.21 bits per heavy atom. The lowest BCUT2D eigenvalue weighted by molar-refractivity contribution is -0.122. The third kappa shape index (κ3) is 3.77. The first-order valence-corrected chi connectivity index (χ1v) is 9.44. The van der Waals surface area contributed by atoms with Gasteiger partial charge in [-0.25, -0.2) is 4.79 Å². The highest BCUT2D eigenvalue weighted by Crippen LogP contribution is 2.36. The molecule has 1 fully saturated rings. The van der Waals surface area contributed by atoms with Crippen molar-refractivity contribution < 1.29 is 28.6 Å². The van der Waals surface area contributed by atoms with Crippen molar-refractivity contribution in [3.8, 4) is 11.5 Å². The van der Waals surface area contributed by atoms with Crippen LogP contribution >= 0.6 is 11.8 Å². The van der Waals surface area contributed by atoms with Crippen LogP contribution in [0.5, 0.6) is 11.5 Å². The van der Waals surface area contributed by atoms with Gasteiger partial charge in [-0.05, 0) is 47.7 Å². The first-order valence-electron chi connectivity index (χ1n) is 8.63. The molecule has 1 saturated heterocycles. The fourth-order valence-corrected chi connectivity index (χ4v) is 3.72. The Balaban J connectivity index is 1.49. The number of imide groups is 1. The van der Waals surface area contributed by atoms with E-state index >= 15 is 0 Å². The number of nitrogens with one attached hydrogen (secondary N) is 1. The number of fused-ring (bicyclic) bond motifs is 1. The second-order valence-electron chi connectivity index (χ2n) is 6.09. The molecular weight excluding hydrogens is 396 g/mol. The van der Waals surface area contributed by atoms with Gasteiger partial charge in [0.2, 0.25) is 6.79 Å². The van der Waals surface area contributed by atoms with Crippen LogP contribution in [0.3, 0.4) is 0 Å². The van der Waals surface area contributed by atoms with E-state index in [4.69, 9.17) is 14.2 Å². The number of ether oxygens (including phenoxy) is 3. The van der Waals surface area contributed by atoms with Gasteiger partial charge < -0.3 is 19.5 Å². The summed E-state index contributed by atoms with van der Waals surface area (Å²) in [6, 6.07) is 12.0. The second-order valence-corrected chi connectivity index (χ2v) is 7.09. The number of benzene rings is 2. The molecule has 0 atom stereocenters. The molecule has 4 rings (SSSR count). The summed E-state index contributed by atoms with van der Waals surface area (Å²) in [4.78, 5) is 38.2. The zero-order chi connectivity index (χ0) is 20.4. The number of thioether (sulfide) groups is 1. The number of para-hydroxylation sites is 1. The summed E-state index contributed by atoms with van der Waals surface area (Å²) in [5, 5.41) is 2.56. The van der Waals surface area contributed by atoms with Crippen LogP contribution in [-0.4, -0.2) is 42.6 Å². The molecule has 9 heteroatoms. The molecule has 0 aromatic heterocycles. The number of carbonyl (C=O) groups is 3. The Bertz CT molecular complexity index is 1040. The lowest BCUT2D eigenvalue weighted by Crippen LogP contribution is -2.33. The zero-order valence-electron chi connectivity index (χ0n) is 15.3. The highest BCUT2D eigenvalue weighted by molar-refractivity contribution is 8.18. The van der Waals surface area contributed by atoms with Crippen molar-refractivity contribution in [1.29, 1.82) is 0 Å². The van der Waals surface area contributed by atoms with Crippen molar-refractivity contribution >= 4 is 40.6 Å². The number of hydrogen-bond acceptors (Lipinski definition) is 8. The monoisotopic (exact) mass is 412 g/mol. The third-order valence-corrected chi connectivity index (χ3v) is 5.24. The van der Waals surface area contributed by atoms with Crippen molar-refractivity contribution in [3.05, 3.63) is 58.5 Å². The Labute approximate surface area is 170 Å². The number of esters is 1. The van der Waals surface area contributed by atoms with Gasteiger partial charge in [-0.2, -0.15) is 0 Å². The molecule has 8 nitrogen and oxygen atoms in total. The number of carbonyl (C=O) groups excluding carboxylic acids is 3. The average Bonchev–Trinajstić information content (AvgIpc) is 3.30. The SMILES string of the molecule is COC(=O)c1ccccc1NCN1C(=O)S/C(=C\c2ccc3c(c2)OCO3)C1=O. The van der Waals surface area contributed by atoms with E-state index in [0.717, 1.165) is 22.2 Å². The number of amides is 2. The molecule has 0 unspecified atom stereocenters. The van der Waals surface area contributed by atoms with Gasteiger partial charge in [-0.15, -0.1) is 0 Å². The number of anilines is 1. The molecule has 2 aromatic rings. The molecule has 2 amide bonds. The van der Waals surface area contributed by atoms with Gasteiger partial charge in [0.25, 0.3) is 11.1 Å². The van der Waals surface area contributed by atoms with Crippen LogP contribution in [0.25, 0.3) is 6.08 Å². The van der Waals surface area contributed by atoms with Crippen LogP contribution < -0.4 is 14.8 Å². The highest BCUT2D eigenvalue weighted by atomic mass is 32.2.